The second kappa shape index (κ2) is 12.8. The van der Waals surface area contributed by atoms with Crippen LogP contribution in [0.25, 0.3) is 11.5 Å². The molecule has 5 heteroatoms. The third kappa shape index (κ3) is 7.48. The molecule has 0 bridgehead atoms. The van der Waals surface area contributed by atoms with Crippen molar-refractivity contribution >= 4 is 5.97 Å². The first-order valence-electron chi connectivity index (χ1n) is 11.9. The lowest BCUT2D eigenvalue weighted by molar-refractivity contribution is -0.140. The second-order valence-corrected chi connectivity index (χ2v) is 8.36. The Morgan fingerprint density at radius 2 is 1.79 bits per heavy atom. The Morgan fingerprint density at radius 3 is 2.48 bits per heavy atom. The maximum atomic E-state index is 11.6. The second-order valence-electron chi connectivity index (χ2n) is 8.36. The summed E-state index contributed by atoms with van der Waals surface area (Å²) in [5.74, 6) is 2.53. The van der Waals surface area contributed by atoms with Gasteiger partial charge in [0.15, 0.2) is 0 Å². The van der Waals surface area contributed by atoms with Crippen LogP contribution in [0.5, 0.6) is 5.75 Å². The van der Waals surface area contributed by atoms with Gasteiger partial charge in [0, 0.05) is 18.4 Å². The van der Waals surface area contributed by atoms with E-state index in [2.05, 4.69) is 24.0 Å². The third-order valence-corrected chi connectivity index (χ3v) is 5.95. The van der Waals surface area contributed by atoms with E-state index in [1.54, 1.807) is 0 Å². The number of hydrogen-bond acceptors (Lipinski definition) is 5. The lowest BCUT2D eigenvalue weighted by atomic mass is 9.89. The van der Waals surface area contributed by atoms with Crippen molar-refractivity contribution in [1.82, 2.24) is 4.98 Å². The molecule has 33 heavy (non-hydrogen) atoms. The van der Waals surface area contributed by atoms with E-state index >= 15 is 0 Å². The van der Waals surface area contributed by atoms with Crippen molar-refractivity contribution in [3.8, 4) is 17.2 Å². The van der Waals surface area contributed by atoms with Crippen LogP contribution in [0.1, 0.15) is 68.4 Å². The Morgan fingerprint density at radius 1 is 1.03 bits per heavy atom. The Balaban J connectivity index is 1.55. The van der Waals surface area contributed by atoms with Crippen LogP contribution in [0.2, 0.25) is 0 Å². The Labute approximate surface area is 197 Å². The number of nitrogens with zero attached hydrogens (tertiary/aromatic N) is 1. The molecule has 1 atom stereocenters. The molecule has 0 radical (unpaired) electrons. The van der Waals surface area contributed by atoms with E-state index in [0.717, 1.165) is 35.6 Å². The van der Waals surface area contributed by atoms with Crippen molar-refractivity contribution in [1.29, 1.82) is 0 Å². The minimum absolute atomic E-state index is 0.144. The highest BCUT2D eigenvalue weighted by Crippen LogP contribution is 2.29. The SMILES string of the molecule is CCCCC[C@H](CCC(=O)OC)c1ccc(OCCc2nc(-c3ccccc3)oc2C)cc1. The fourth-order valence-electron chi connectivity index (χ4n) is 3.98. The fourth-order valence-corrected chi connectivity index (χ4v) is 3.98. The zero-order chi connectivity index (χ0) is 23.5. The number of aryl methyl sites for hydroxylation is 1. The monoisotopic (exact) mass is 449 g/mol. The predicted octanol–water partition coefficient (Wildman–Crippen LogP) is 6.89. The van der Waals surface area contributed by atoms with Crippen LogP contribution in [0.15, 0.2) is 59.0 Å². The van der Waals surface area contributed by atoms with E-state index < -0.39 is 0 Å². The Hall–Kier alpha value is -3.08. The molecule has 0 N–H and O–H groups in total. The topological polar surface area (TPSA) is 61.6 Å². The zero-order valence-corrected chi connectivity index (χ0v) is 20.0. The fraction of sp³-hybridized carbons (Fsp3) is 0.429. The standard InChI is InChI=1S/C28H35NO4/c1-4-5-7-10-22(15-18-27(30)31-3)23-13-16-25(17-14-23)32-20-19-26-21(2)33-28(29-26)24-11-8-6-9-12-24/h6,8-9,11-14,16-17,22H,4-5,7,10,15,18-20H2,1-3H3/t22-/m1/s1. The molecule has 0 aliphatic carbocycles. The molecule has 2 aromatic carbocycles. The highest BCUT2D eigenvalue weighted by molar-refractivity contribution is 5.69. The van der Waals surface area contributed by atoms with E-state index in [9.17, 15) is 4.79 Å². The van der Waals surface area contributed by atoms with Crippen LogP contribution in [0, 0.1) is 6.92 Å². The first kappa shape index (κ1) is 24.6. The van der Waals surface area contributed by atoms with Crippen LogP contribution in [0.3, 0.4) is 0 Å². The van der Waals surface area contributed by atoms with Gasteiger partial charge in [-0.3, -0.25) is 4.79 Å². The number of benzene rings is 2. The molecular weight excluding hydrogens is 414 g/mol. The summed E-state index contributed by atoms with van der Waals surface area (Å²) in [4.78, 5) is 16.3. The van der Waals surface area contributed by atoms with Crippen molar-refractivity contribution in [2.45, 2.75) is 64.7 Å². The summed E-state index contributed by atoms with van der Waals surface area (Å²) >= 11 is 0. The Bertz CT molecular complexity index is 979. The number of unbranched alkanes of at least 4 members (excludes halogenated alkanes) is 2. The molecule has 1 aromatic heterocycles. The van der Waals surface area contributed by atoms with Crippen molar-refractivity contribution in [3.05, 3.63) is 71.6 Å². The molecule has 0 aliphatic rings. The number of carbonyl (C=O) groups excluding carboxylic acids is 1. The molecule has 0 saturated heterocycles. The molecule has 0 spiro atoms. The smallest absolute Gasteiger partial charge is 0.305 e. The molecule has 0 unspecified atom stereocenters. The predicted molar refractivity (Wildman–Crippen MR) is 130 cm³/mol. The third-order valence-electron chi connectivity index (χ3n) is 5.95. The van der Waals surface area contributed by atoms with Gasteiger partial charge in [-0.15, -0.1) is 0 Å². The minimum Gasteiger partial charge on any atom is -0.493 e. The van der Waals surface area contributed by atoms with Crippen molar-refractivity contribution in [3.63, 3.8) is 0 Å². The molecule has 176 valence electrons. The van der Waals surface area contributed by atoms with Gasteiger partial charge in [-0.05, 0) is 55.5 Å². The van der Waals surface area contributed by atoms with Crippen LogP contribution < -0.4 is 4.74 Å². The number of ether oxygens (including phenoxy) is 2. The lowest BCUT2D eigenvalue weighted by Gasteiger charge is -2.17. The molecular formula is C28H35NO4. The maximum absolute atomic E-state index is 11.6. The van der Waals surface area contributed by atoms with Gasteiger partial charge in [0.2, 0.25) is 5.89 Å². The van der Waals surface area contributed by atoms with Crippen molar-refractivity contribution in [2.24, 2.45) is 0 Å². The minimum atomic E-state index is -0.144. The molecule has 5 nitrogen and oxygen atoms in total. The molecule has 0 amide bonds. The summed E-state index contributed by atoms with van der Waals surface area (Å²) in [5.41, 5.74) is 3.15. The maximum Gasteiger partial charge on any atom is 0.305 e. The molecule has 3 aromatic rings. The van der Waals surface area contributed by atoms with E-state index in [1.807, 2.05) is 49.4 Å². The van der Waals surface area contributed by atoms with Gasteiger partial charge in [-0.25, -0.2) is 4.98 Å². The zero-order valence-electron chi connectivity index (χ0n) is 20.0. The van der Waals surface area contributed by atoms with Gasteiger partial charge in [0.25, 0.3) is 0 Å². The van der Waals surface area contributed by atoms with Crippen LogP contribution in [0.4, 0.5) is 0 Å². The number of carbonyl (C=O) groups is 1. The largest absolute Gasteiger partial charge is 0.493 e. The summed E-state index contributed by atoms with van der Waals surface area (Å²) in [6.07, 6.45) is 6.60. The lowest BCUT2D eigenvalue weighted by Crippen LogP contribution is -2.06. The molecule has 0 aliphatic heterocycles. The van der Waals surface area contributed by atoms with Gasteiger partial charge in [-0.2, -0.15) is 0 Å². The van der Waals surface area contributed by atoms with Gasteiger partial charge in [-0.1, -0.05) is 56.5 Å². The van der Waals surface area contributed by atoms with Crippen molar-refractivity contribution < 1.29 is 18.7 Å². The Kier molecular flexibility index (Phi) is 9.55. The van der Waals surface area contributed by atoms with Crippen LogP contribution >= 0.6 is 0 Å². The van der Waals surface area contributed by atoms with Gasteiger partial charge >= 0.3 is 5.97 Å². The van der Waals surface area contributed by atoms with Crippen LogP contribution in [-0.2, 0) is 16.0 Å². The molecule has 1 heterocycles. The first-order valence-corrected chi connectivity index (χ1v) is 11.9. The number of esters is 1. The normalized spacial score (nSPS) is 11.8. The van der Waals surface area contributed by atoms with E-state index in [-0.39, 0.29) is 5.97 Å². The average Bonchev–Trinajstić information content (AvgIpc) is 3.22. The van der Waals surface area contributed by atoms with Gasteiger partial charge in [0.1, 0.15) is 11.5 Å². The van der Waals surface area contributed by atoms with E-state index in [0.29, 0.717) is 31.3 Å². The molecule has 0 saturated carbocycles. The number of hydrogen-bond donors (Lipinski definition) is 0. The quantitative estimate of drug-likeness (QED) is 0.210. The first-order chi connectivity index (χ1) is 16.1. The molecule has 0 fully saturated rings. The van der Waals surface area contributed by atoms with Gasteiger partial charge < -0.3 is 13.9 Å². The molecule has 3 rings (SSSR count). The number of aromatic nitrogens is 1. The summed E-state index contributed by atoms with van der Waals surface area (Å²) in [5, 5.41) is 0. The van der Waals surface area contributed by atoms with Crippen LogP contribution in [-0.4, -0.2) is 24.7 Å². The summed E-state index contributed by atoms with van der Waals surface area (Å²) < 4.78 is 16.6. The summed E-state index contributed by atoms with van der Waals surface area (Å²) in [6, 6.07) is 18.2. The number of rotatable bonds is 13. The number of oxazole rings is 1. The van der Waals surface area contributed by atoms with E-state index in [4.69, 9.17) is 13.9 Å². The summed E-state index contributed by atoms with van der Waals surface area (Å²) in [6.45, 7) is 4.68. The number of methoxy groups -OCH3 is 1. The average molecular weight is 450 g/mol. The summed E-state index contributed by atoms with van der Waals surface area (Å²) in [7, 11) is 1.45. The van der Waals surface area contributed by atoms with E-state index in [1.165, 1.54) is 31.9 Å². The van der Waals surface area contributed by atoms with Gasteiger partial charge in [0.05, 0.1) is 19.4 Å². The highest BCUT2D eigenvalue weighted by atomic mass is 16.5. The van der Waals surface area contributed by atoms with Crippen molar-refractivity contribution in [2.75, 3.05) is 13.7 Å². The highest BCUT2D eigenvalue weighted by Gasteiger charge is 2.15.